The molecule has 0 radical (unpaired) electrons. The Kier molecular flexibility index (Phi) is 8.03. The number of rotatable bonds is 9. The predicted molar refractivity (Wildman–Crippen MR) is 67.3 cm³/mol. The van der Waals surface area contributed by atoms with Crippen molar-refractivity contribution in [3.63, 3.8) is 0 Å². The zero-order valence-electron chi connectivity index (χ0n) is 10.9. The first-order valence-electron chi connectivity index (χ1n) is 5.47. The lowest BCUT2D eigenvalue weighted by Gasteiger charge is -2.20. The first-order valence-corrected chi connectivity index (χ1v) is 7.12. The summed E-state index contributed by atoms with van der Waals surface area (Å²) in [4.78, 5) is 23.3. The summed E-state index contributed by atoms with van der Waals surface area (Å²) in [6.45, 7) is -0.290. The van der Waals surface area contributed by atoms with Crippen molar-refractivity contribution < 1.29 is 27.9 Å². The number of carboxylic acid groups (broad SMARTS) is 1. The fourth-order valence-electron chi connectivity index (χ4n) is 1.12. The number of nitrogens with one attached hydrogen (secondary N) is 2. The van der Waals surface area contributed by atoms with Gasteiger partial charge < -0.3 is 20.1 Å². The van der Waals surface area contributed by atoms with Crippen LogP contribution >= 0.6 is 0 Å². The van der Waals surface area contributed by atoms with E-state index in [4.69, 9.17) is 9.84 Å². The van der Waals surface area contributed by atoms with Crippen molar-refractivity contribution in [1.29, 1.82) is 0 Å². The summed E-state index contributed by atoms with van der Waals surface area (Å²) in [5.74, 6) is -1.44. The van der Waals surface area contributed by atoms with Crippen LogP contribution in [0.15, 0.2) is 0 Å². The number of methoxy groups -OCH3 is 1. The van der Waals surface area contributed by atoms with Crippen molar-refractivity contribution in [2.75, 3.05) is 46.2 Å². The van der Waals surface area contributed by atoms with E-state index in [2.05, 4.69) is 10.0 Å². The molecule has 0 aromatic rings. The number of aliphatic carboxylic acids is 1. The highest BCUT2D eigenvalue weighted by Gasteiger charge is 2.16. The lowest BCUT2D eigenvalue weighted by Crippen LogP contribution is -2.45. The zero-order chi connectivity index (χ0) is 14.9. The Hall–Kier alpha value is -1.39. The lowest BCUT2D eigenvalue weighted by molar-refractivity contribution is -0.137. The van der Waals surface area contributed by atoms with Crippen molar-refractivity contribution in [2.45, 2.75) is 0 Å². The topological polar surface area (TPSA) is 125 Å². The number of carbonyl (C=O) groups is 2. The van der Waals surface area contributed by atoms with Crippen molar-refractivity contribution >= 4 is 22.0 Å². The monoisotopic (exact) mass is 297 g/mol. The van der Waals surface area contributed by atoms with Crippen LogP contribution in [0.1, 0.15) is 0 Å². The first kappa shape index (κ1) is 17.6. The molecule has 0 bridgehead atoms. The van der Waals surface area contributed by atoms with Gasteiger partial charge in [-0.15, -0.1) is 0 Å². The third-order valence-electron chi connectivity index (χ3n) is 2.14. The summed E-state index contributed by atoms with van der Waals surface area (Å²) in [6, 6.07) is -0.647. The van der Waals surface area contributed by atoms with E-state index in [1.54, 1.807) is 0 Å². The summed E-state index contributed by atoms with van der Waals surface area (Å²) in [5, 5.41) is 11.0. The van der Waals surface area contributed by atoms with Gasteiger partial charge in [-0.25, -0.2) is 17.9 Å². The SMILES string of the molecule is CNS(=O)(=O)CCNC(=O)N(CCOC)CC(=O)O. The molecule has 19 heavy (non-hydrogen) atoms. The number of hydrogen-bond acceptors (Lipinski definition) is 5. The maximum atomic E-state index is 11.6. The minimum atomic E-state index is -3.41. The Balaban J connectivity index is 4.27. The van der Waals surface area contributed by atoms with Gasteiger partial charge in [-0.2, -0.15) is 0 Å². The molecule has 0 rings (SSSR count). The summed E-state index contributed by atoms with van der Waals surface area (Å²) in [5.41, 5.74) is 0. The molecule has 112 valence electrons. The second kappa shape index (κ2) is 8.67. The Morgan fingerprint density at radius 2 is 2.00 bits per heavy atom. The van der Waals surface area contributed by atoms with Crippen molar-refractivity contribution in [1.82, 2.24) is 14.9 Å². The second-order valence-corrected chi connectivity index (χ2v) is 5.61. The van der Waals surface area contributed by atoms with Crippen LogP contribution in [0.3, 0.4) is 0 Å². The minimum Gasteiger partial charge on any atom is -0.480 e. The van der Waals surface area contributed by atoms with Crippen LogP contribution in [-0.2, 0) is 19.6 Å². The van der Waals surface area contributed by atoms with E-state index in [9.17, 15) is 18.0 Å². The number of nitrogens with zero attached hydrogens (tertiary/aromatic N) is 1. The van der Waals surface area contributed by atoms with Gasteiger partial charge in [0.25, 0.3) is 0 Å². The Morgan fingerprint density at radius 3 is 2.47 bits per heavy atom. The largest absolute Gasteiger partial charge is 0.480 e. The molecule has 0 aromatic heterocycles. The molecule has 0 unspecified atom stereocenters. The molecule has 0 aliphatic carbocycles. The summed E-state index contributed by atoms with van der Waals surface area (Å²) in [7, 11) is -0.708. The minimum absolute atomic E-state index is 0.105. The quantitative estimate of drug-likeness (QED) is 0.465. The Morgan fingerprint density at radius 1 is 1.37 bits per heavy atom. The molecule has 0 aromatic carbocycles. The number of carboxylic acids is 1. The highest BCUT2D eigenvalue weighted by Crippen LogP contribution is 1.91. The van der Waals surface area contributed by atoms with E-state index in [1.807, 2.05) is 0 Å². The number of carbonyl (C=O) groups excluding carboxylic acids is 1. The van der Waals surface area contributed by atoms with Gasteiger partial charge in [0.05, 0.1) is 12.4 Å². The number of urea groups is 1. The maximum Gasteiger partial charge on any atom is 0.323 e. The van der Waals surface area contributed by atoms with Crippen molar-refractivity contribution in [2.24, 2.45) is 0 Å². The molecule has 0 fully saturated rings. The van der Waals surface area contributed by atoms with Crippen LogP contribution in [0.5, 0.6) is 0 Å². The van der Waals surface area contributed by atoms with Gasteiger partial charge in [-0.1, -0.05) is 0 Å². The maximum absolute atomic E-state index is 11.6. The van der Waals surface area contributed by atoms with Crippen LogP contribution in [-0.4, -0.2) is 76.6 Å². The van der Waals surface area contributed by atoms with Crippen LogP contribution in [0.25, 0.3) is 0 Å². The zero-order valence-corrected chi connectivity index (χ0v) is 11.7. The third kappa shape index (κ3) is 8.35. The van der Waals surface area contributed by atoms with Crippen molar-refractivity contribution in [3.8, 4) is 0 Å². The molecule has 0 atom stereocenters. The molecule has 0 aliphatic heterocycles. The first-order chi connectivity index (χ1) is 8.82. The number of sulfonamides is 1. The third-order valence-corrected chi connectivity index (χ3v) is 3.50. The highest BCUT2D eigenvalue weighted by molar-refractivity contribution is 7.89. The summed E-state index contributed by atoms with van der Waals surface area (Å²) < 4.78 is 29.1. The lowest BCUT2D eigenvalue weighted by atomic mass is 10.5. The molecule has 0 heterocycles. The highest BCUT2D eigenvalue weighted by atomic mass is 32.2. The van der Waals surface area contributed by atoms with E-state index >= 15 is 0 Å². The van der Waals surface area contributed by atoms with Gasteiger partial charge in [0.2, 0.25) is 10.0 Å². The molecule has 0 saturated heterocycles. The molecule has 3 N–H and O–H groups in total. The van der Waals surface area contributed by atoms with Crippen LogP contribution in [0, 0.1) is 0 Å². The van der Waals surface area contributed by atoms with Crippen molar-refractivity contribution in [3.05, 3.63) is 0 Å². The molecule has 0 aliphatic rings. The average Bonchev–Trinajstić information content (AvgIpc) is 2.33. The van der Waals surface area contributed by atoms with E-state index in [-0.39, 0.29) is 25.4 Å². The fraction of sp³-hybridized carbons (Fsp3) is 0.778. The Bertz CT molecular complexity index is 397. The molecule has 10 heteroatoms. The van der Waals surface area contributed by atoms with Gasteiger partial charge in [0.15, 0.2) is 0 Å². The van der Waals surface area contributed by atoms with E-state index in [0.717, 1.165) is 4.90 Å². The van der Waals surface area contributed by atoms with Crippen LogP contribution in [0.4, 0.5) is 4.79 Å². The Labute approximate surface area is 112 Å². The normalized spacial score (nSPS) is 11.1. The average molecular weight is 297 g/mol. The number of ether oxygens (including phenoxy) is 1. The summed E-state index contributed by atoms with van der Waals surface area (Å²) in [6.07, 6.45) is 0. The number of hydrogen-bond donors (Lipinski definition) is 3. The summed E-state index contributed by atoms with van der Waals surface area (Å²) >= 11 is 0. The fourth-order valence-corrected chi connectivity index (χ4v) is 1.70. The van der Waals surface area contributed by atoms with Gasteiger partial charge >= 0.3 is 12.0 Å². The smallest absolute Gasteiger partial charge is 0.323 e. The van der Waals surface area contributed by atoms with Gasteiger partial charge in [0, 0.05) is 20.2 Å². The molecule has 2 amide bonds. The molecule has 0 saturated carbocycles. The second-order valence-electron chi connectivity index (χ2n) is 3.56. The van der Waals surface area contributed by atoms with Gasteiger partial charge in [-0.05, 0) is 7.05 Å². The van der Waals surface area contributed by atoms with Gasteiger partial charge in [-0.3, -0.25) is 4.79 Å². The van der Waals surface area contributed by atoms with E-state index in [0.29, 0.717) is 0 Å². The molecule has 0 spiro atoms. The molecular formula is C9H19N3O6S. The van der Waals surface area contributed by atoms with E-state index < -0.39 is 28.6 Å². The predicted octanol–water partition coefficient (Wildman–Crippen LogP) is -1.72. The standard InChI is InChI=1S/C9H19N3O6S/c1-10-19(16,17)6-3-11-9(15)12(4-5-18-2)7-8(13)14/h10H,3-7H2,1-2H3,(H,11,15)(H,13,14). The van der Waals surface area contributed by atoms with Crippen LogP contribution < -0.4 is 10.0 Å². The number of amides is 2. The van der Waals surface area contributed by atoms with Gasteiger partial charge in [0.1, 0.15) is 6.54 Å². The van der Waals surface area contributed by atoms with Crippen LogP contribution in [0.2, 0.25) is 0 Å². The molecular weight excluding hydrogens is 278 g/mol. The molecule has 9 nitrogen and oxygen atoms in total. The van der Waals surface area contributed by atoms with E-state index in [1.165, 1.54) is 14.2 Å².